The summed E-state index contributed by atoms with van der Waals surface area (Å²) in [7, 11) is 0. The number of carbonyl (C=O) groups is 1. The summed E-state index contributed by atoms with van der Waals surface area (Å²) in [5.74, 6) is -0.249. The summed E-state index contributed by atoms with van der Waals surface area (Å²) in [6, 6.07) is -0.915. The van der Waals surface area contributed by atoms with Crippen LogP contribution in [0.3, 0.4) is 0 Å². The van der Waals surface area contributed by atoms with Crippen molar-refractivity contribution in [2.75, 3.05) is 19.8 Å². The number of nitrogens with one attached hydrogen (secondary N) is 1. The third-order valence-electron chi connectivity index (χ3n) is 12.9. The molecule has 14 nitrogen and oxygen atoms in total. The Hall–Kier alpha value is -2.57. The van der Waals surface area contributed by atoms with E-state index >= 15 is 0 Å². The van der Waals surface area contributed by atoms with E-state index in [1.54, 1.807) is 6.08 Å². The van der Waals surface area contributed by atoms with E-state index in [9.17, 15) is 45.6 Å². The van der Waals surface area contributed by atoms with Gasteiger partial charge in [-0.3, -0.25) is 4.79 Å². The van der Waals surface area contributed by atoms with Crippen LogP contribution < -0.4 is 5.32 Å². The molecule has 2 fully saturated rings. The van der Waals surface area contributed by atoms with Crippen LogP contribution in [0.5, 0.6) is 0 Å². The molecule has 2 heterocycles. The Morgan fingerprint density at radius 1 is 0.529 bits per heavy atom. The summed E-state index contributed by atoms with van der Waals surface area (Å²) in [6.45, 7) is 2.59. The molecule has 2 rings (SSSR count). The van der Waals surface area contributed by atoms with E-state index in [1.165, 1.54) is 64.2 Å². The molecule has 1 amide bonds. The minimum Gasteiger partial charge on any atom is -0.394 e. The monoisotopic (exact) mass is 992 g/mol. The largest absolute Gasteiger partial charge is 0.394 e. The van der Waals surface area contributed by atoms with Crippen molar-refractivity contribution in [1.29, 1.82) is 0 Å². The molecule has 2 aliphatic heterocycles. The summed E-state index contributed by atoms with van der Waals surface area (Å²) in [5.41, 5.74) is 0. The number of rotatable bonds is 41. The standard InChI is InChI=1S/C56H97NO13/c1-3-5-7-9-11-12-13-14-15-16-17-18-19-20-21-22-23-24-25-26-27-28-29-30-31-32-34-36-38-40-48(61)57-44(45(60)39-37-35-33-10-8-6-4-2)43-67-55-53(66)51(64)54(47(42-59)69-55)70-56-52(65)50(63)49(62)46(41-58)68-56/h5,7,11-12,14-15,17-18,20-21,37,39,44-47,49-56,58-60,62-66H,3-4,6,8-10,13,16,19,22-36,38,40-43H2,1-2H3,(H,57,61)/b7-5-,12-11-,15-14-,18-17-,21-20-,39-37+. The van der Waals surface area contributed by atoms with Gasteiger partial charge >= 0.3 is 0 Å². The first-order chi connectivity index (χ1) is 34.1. The summed E-state index contributed by atoms with van der Waals surface area (Å²) in [4.78, 5) is 13.1. The Labute approximate surface area is 421 Å². The molecule has 0 bridgehead atoms. The quantitative estimate of drug-likeness (QED) is 0.0209. The van der Waals surface area contributed by atoms with Gasteiger partial charge in [0, 0.05) is 6.42 Å². The van der Waals surface area contributed by atoms with Crippen LogP contribution in [-0.2, 0) is 23.7 Å². The van der Waals surface area contributed by atoms with E-state index in [1.807, 2.05) is 6.08 Å². The number of amides is 1. The minimum absolute atomic E-state index is 0.249. The van der Waals surface area contributed by atoms with Gasteiger partial charge in [-0.15, -0.1) is 0 Å². The highest BCUT2D eigenvalue weighted by molar-refractivity contribution is 5.76. The molecule has 14 heteroatoms. The molecule has 0 aromatic carbocycles. The zero-order valence-corrected chi connectivity index (χ0v) is 43.0. The molecule has 2 aliphatic rings. The zero-order chi connectivity index (χ0) is 51.0. The Morgan fingerprint density at radius 2 is 0.986 bits per heavy atom. The topological polar surface area (TPSA) is 228 Å². The van der Waals surface area contributed by atoms with Gasteiger partial charge in [0.05, 0.1) is 32.0 Å². The molecule has 0 spiro atoms. The molecule has 0 aliphatic carbocycles. The lowest BCUT2D eigenvalue weighted by Crippen LogP contribution is -2.65. The fraction of sp³-hybridized carbons (Fsp3) is 0.768. The Morgan fingerprint density at radius 3 is 1.51 bits per heavy atom. The fourth-order valence-electron chi connectivity index (χ4n) is 8.49. The van der Waals surface area contributed by atoms with E-state index in [0.717, 1.165) is 89.9 Å². The second kappa shape index (κ2) is 41.9. The number of unbranched alkanes of at least 4 members (excludes halogenated alkanes) is 18. The molecule has 70 heavy (non-hydrogen) atoms. The number of allylic oxidation sites excluding steroid dienone is 11. The number of carbonyl (C=O) groups excluding carboxylic acids is 1. The van der Waals surface area contributed by atoms with E-state index in [-0.39, 0.29) is 18.9 Å². The van der Waals surface area contributed by atoms with Crippen molar-refractivity contribution in [3.8, 4) is 0 Å². The van der Waals surface area contributed by atoms with Crippen LogP contribution in [0.15, 0.2) is 72.9 Å². The lowest BCUT2D eigenvalue weighted by Gasteiger charge is -2.46. The third kappa shape index (κ3) is 28.0. The number of aliphatic hydroxyl groups is 8. The smallest absolute Gasteiger partial charge is 0.220 e. The van der Waals surface area contributed by atoms with Gasteiger partial charge in [-0.25, -0.2) is 0 Å². The average molecular weight is 992 g/mol. The van der Waals surface area contributed by atoms with Crippen LogP contribution in [-0.4, -0.2) is 140 Å². The van der Waals surface area contributed by atoms with Crippen molar-refractivity contribution < 1.29 is 64.6 Å². The Kier molecular flexibility index (Phi) is 38.0. The first kappa shape index (κ1) is 63.5. The van der Waals surface area contributed by atoms with E-state index < -0.39 is 86.8 Å². The highest BCUT2D eigenvalue weighted by Gasteiger charge is 2.51. The van der Waals surface area contributed by atoms with Crippen molar-refractivity contribution in [1.82, 2.24) is 5.32 Å². The summed E-state index contributed by atoms with van der Waals surface area (Å²) in [6.07, 6.45) is 37.0. The number of ether oxygens (including phenoxy) is 4. The zero-order valence-electron chi connectivity index (χ0n) is 43.0. The molecule has 0 aromatic heterocycles. The highest BCUT2D eigenvalue weighted by atomic mass is 16.7. The molecule has 12 unspecified atom stereocenters. The average Bonchev–Trinajstić information content (AvgIpc) is 3.36. The maximum Gasteiger partial charge on any atom is 0.220 e. The maximum atomic E-state index is 13.1. The van der Waals surface area contributed by atoms with Gasteiger partial charge in [-0.1, -0.05) is 183 Å². The van der Waals surface area contributed by atoms with Crippen molar-refractivity contribution in [2.24, 2.45) is 0 Å². The van der Waals surface area contributed by atoms with Gasteiger partial charge in [0.2, 0.25) is 5.91 Å². The SMILES string of the molecule is CC/C=C\C/C=C\C/C=C\C/C=C\C/C=C\CCCCCCCCCCCCCCCC(=O)NC(COC1OC(CO)C(OC2OC(CO)C(O)C(O)C2O)C(O)C1O)C(O)/C=C/CCCCCCC. The van der Waals surface area contributed by atoms with Gasteiger partial charge in [0.15, 0.2) is 12.6 Å². The van der Waals surface area contributed by atoms with E-state index in [4.69, 9.17) is 18.9 Å². The lowest BCUT2D eigenvalue weighted by molar-refractivity contribution is -0.359. The number of hydrogen-bond donors (Lipinski definition) is 9. The van der Waals surface area contributed by atoms with E-state index in [2.05, 4.69) is 79.9 Å². The first-order valence-corrected chi connectivity index (χ1v) is 27.2. The first-order valence-electron chi connectivity index (χ1n) is 27.2. The minimum atomic E-state index is -1.79. The summed E-state index contributed by atoms with van der Waals surface area (Å²) >= 11 is 0. The highest BCUT2D eigenvalue weighted by Crippen LogP contribution is 2.30. The van der Waals surface area contributed by atoms with Gasteiger partial charge in [-0.2, -0.15) is 0 Å². The van der Waals surface area contributed by atoms with Crippen LogP contribution in [0.4, 0.5) is 0 Å². The molecule has 0 saturated carbocycles. The van der Waals surface area contributed by atoms with Crippen LogP contribution in [0.2, 0.25) is 0 Å². The second-order valence-corrected chi connectivity index (χ2v) is 19.0. The molecular weight excluding hydrogens is 895 g/mol. The van der Waals surface area contributed by atoms with Gasteiger partial charge < -0.3 is 65.1 Å². The molecule has 9 N–H and O–H groups in total. The van der Waals surface area contributed by atoms with Gasteiger partial charge in [0.25, 0.3) is 0 Å². The van der Waals surface area contributed by atoms with Crippen LogP contribution in [0.1, 0.15) is 181 Å². The van der Waals surface area contributed by atoms with Crippen molar-refractivity contribution in [3.63, 3.8) is 0 Å². The summed E-state index contributed by atoms with van der Waals surface area (Å²) in [5, 5.41) is 86.5. The van der Waals surface area contributed by atoms with Crippen molar-refractivity contribution in [3.05, 3.63) is 72.9 Å². The van der Waals surface area contributed by atoms with Gasteiger partial charge in [-0.05, 0) is 64.2 Å². The molecular formula is C56H97NO13. The maximum absolute atomic E-state index is 13.1. The van der Waals surface area contributed by atoms with Crippen LogP contribution in [0, 0.1) is 0 Å². The van der Waals surface area contributed by atoms with Gasteiger partial charge in [0.1, 0.15) is 48.8 Å². The molecule has 0 aromatic rings. The third-order valence-corrected chi connectivity index (χ3v) is 12.9. The van der Waals surface area contributed by atoms with Crippen molar-refractivity contribution in [2.45, 2.75) is 254 Å². The number of aliphatic hydroxyl groups excluding tert-OH is 8. The molecule has 0 radical (unpaired) electrons. The lowest BCUT2D eigenvalue weighted by atomic mass is 9.97. The van der Waals surface area contributed by atoms with E-state index in [0.29, 0.717) is 6.42 Å². The van der Waals surface area contributed by atoms with Crippen LogP contribution in [0.25, 0.3) is 0 Å². The fourth-order valence-corrected chi connectivity index (χ4v) is 8.49. The number of hydrogen-bond acceptors (Lipinski definition) is 13. The predicted octanol–water partition coefficient (Wildman–Crippen LogP) is 7.99. The normalized spacial score (nSPS) is 26.5. The van der Waals surface area contributed by atoms with Crippen molar-refractivity contribution >= 4 is 5.91 Å². The Bertz CT molecular complexity index is 1450. The molecule has 12 atom stereocenters. The molecule has 2 saturated heterocycles. The predicted molar refractivity (Wildman–Crippen MR) is 277 cm³/mol. The second-order valence-electron chi connectivity index (χ2n) is 19.0. The Balaban J connectivity index is 1.65. The summed E-state index contributed by atoms with van der Waals surface area (Å²) < 4.78 is 22.6. The van der Waals surface area contributed by atoms with Crippen LogP contribution >= 0.6 is 0 Å². The molecule has 404 valence electrons.